The zero-order chi connectivity index (χ0) is 13.1. The van der Waals surface area contributed by atoms with Crippen LogP contribution in [0, 0.1) is 5.92 Å². The van der Waals surface area contributed by atoms with Gasteiger partial charge in [0.2, 0.25) is 0 Å². The molecule has 0 saturated carbocycles. The molecule has 0 amide bonds. The van der Waals surface area contributed by atoms with Gasteiger partial charge in [0.05, 0.1) is 6.54 Å². The number of carbonyl (C=O) groups is 2. The number of ether oxygens (including phenoxy) is 1. The molecular weight excluding hydrogens is 245 g/mol. The molecule has 1 aliphatic heterocycles. The van der Waals surface area contributed by atoms with Crippen molar-refractivity contribution in [3.63, 3.8) is 0 Å². The van der Waals surface area contributed by atoms with Gasteiger partial charge in [-0.2, -0.15) is 0 Å². The molecule has 0 radical (unpaired) electrons. The van der Waals surface area contributed by atoms with Crippen LogP contribution in [-0.4, -0.2) is 42.1 Å². The van der Waals surface area contributed by atoms with E-state index in [1.807, 2.05) is 25.7 Å². The van der Waals surface area contributed by atoms with Crippen LogP contribution in [0.4, 0.5) is 0 Å². The van der Waals surface area contributed by atoms with Crippen LogP contribution < -0.4 is 34.7 Å². The van der Waals surface area contributed by atoms with Crippen LogP contribution in [0.5, 0.6) is 0 Å². The molecule has 98 valence electrons. The molecular formula is C12H20NNaO4. The molecule has 0 aliphatic carbocycles. The van der Waals surface area contributed by atoms with E-state index in [1.165, 1.54) is 0 Å². The SMILES string of the molecule is CC(C)(C)OC(=O)CN1CCC(C(=O)[O-])CC1.[Na+]. The molecule has 0 atom stereocenters. The van der Waals surface area contributed by atoms with Gasteiger partial charge in [0.15, 0.2) is 0 Å². The fraction of sp³-hybridized carbons (Fsp3) is 0.833. The number of aliphatic carboxylic acids is 1. The Balaban J connectivity index is 0.00000289. The first-order valence-electron chi connectivity index (χ1n) is 5.93. The van der Waals surface area contributed by atoms with Crippen LogP contribution in [0.25, 0.3) is 0 Å². The zero-order valence-electron chi connectivity index (χ0n) is 11.7. The minimum atomic E-state index is -0.984. The second-order valence-corrected chi connectivity index (χ2v) is 5.46. The third-order valence-electron chi connectivity index (χ3n) is 2.69. The van der Waals surface area contributed by atoms with Crippen LogP contribution in [0.2, 0.25) is 0 Å². The minimum Gasteiger partial charge on any atom is -0.550 e. The topological polar surface area (TPSA) is 69.7 Å². The van der Waals surface area contributed by atoms with E-state index in [4.69, 9.17) is 4.74 Å². The Bertz CT molecular complexity index is 293. The van der Waals surface area contributed by atoms with E-state index < -0.39 is 11.6 Å². The van der Waals surface area contributed by atoms with Gasteiger partial charge in [-0.1, -0.05) is 0 Å². The van der Waals surface area contributed by atoms with Crippen molar-refractivity contribution in [3.05, 3.63) is 0 Å². The van der Waals surface area contributed by atoms with E-state index >= 15 is 0 Å². The maximum Gasteiger partial charge on any atom is 1.00 e. The monoisotopic (exact) mass is 265 g/mol. The fourth-order valence-electron chi connectivity index (χ4n) is 1.88. The second kappa shape index (κ2) is 7.48. The van der Waals surface area contributed by atoms with E-state index in [9.17, 15) is 14.7 Å². The van der Waals surface area contributed by atoms with Crippen molar-refractivity contribution in [2.75, 3.05) is 19.6 Å². The standard InChI is InChI=1S/C12H21NO4.Na/c1-12(2,3)17-10(14)8-13-6-4-9(5-7-13)11(15)16;/h9H,4-8H2,1-3H3,(H,15,16);/q;+1/p-1. The molecule has 1 saturated heterocycles. The number of hydrogen-bond donors (Lipinski definition) is 0. The molecule has 0 bridgehead atoms. The Morgan fingerprint density at radius 3 is 2.17 bits per heavy atom. The van der Waals surface area contributed by atoms with Gasteiger partial charge < -0.3 is 14.6 Å². The summed E-state index contributed by atoms with van der Waals surface area (Å²) < 4.78 is 5.21. The molecule has 0 aromatic heterocycles. The van der Waals surface area contributed by atoms with Gasteiger partial charge in [-0.15, -0.1) is 0 Å². The molecule has 18 heavy (non-hydrogen) atoms. The summed E-state index contributed by atoms with van der Waals surface area (Å²) in [6.45, 7) is 6.93. The summed E-state index contributed by atoms with van der Waals surface area (Å²) in [5.41, 5.74) is -0.472. The number of rotatable bonds is 3. The fourth-order valence-corrected chi connectivity index (χ4v) is 1.88. The Labute approximate surface area is 130 Å². The minimum absolute atomic E-state index is 0. The van der Waals surface area contributed by atoms with Crippen molar-refractivity contribution < 1.29 is 49.0 Å². The summed E-state index contributed by atoms with van der Waals surface area (Å²) in [5.74, 6) is -1.61. The van der Waals surface area contributed by atoms with E-state index in [2.05, 4.69) is 0 Å². The predicted octanol–water partition coefficient (Wildman–Crippen LogP) is -3.21. The quantitative estimate of drug-likeness (QED) is 0.397. The van der Waals surface area contributed by atoms with Crippen molar-refractivity contribution in [1.29, 1.82) is 0 Å². The van der Waals surface area contributed by atoms with Gasteiger partial charge in [-0.05, 0) is 46.7 Å². The molecule has 0 spiro atoms. The van der Waals surface area contributed by atoms with Crippen LogP contribution in [0.15, 0.2) is 0 Å². The third-order valence-corrected chi connectivity index (χ3v) is 2.69. The average Bonchev–Trinajstić information content (AvgIpc) is 2.15. The molecule has 1 aliphatic rings. The second-order valence-electron chi connectivity index (χ2n) is 5.46. The summed E-state index contributed by atoms with van der Waals surface area (Å²) in [6, 6.07) is 0. The molecule has 5 nitrogen and oxygen atoms in total. The number of likely N-dealkylation sites (tertiary alicyclic amines) is 1. The third kappa shape index (κ3) is 6.73. The van der Waals surface area contributed by atoms with E-state index in [-0.39, 0.29) is 48.0 Å². The van der Waals surface area contributed by atoms with Crippen molar-refractivity contribution in [3.8, 4) is 0 Å². The molecule has 1 fully saturated rings. The normalized spacial score (nSPS) is 17.9. The molecule has 0 aromatic rings. The van der Waals surface area contributed by atoms with Crippen molar-refractivity contribution >= 4 is 11.9 Å². The Morgan fingerprint density at radius 1 is 1.28 bits per heavy atom. The van der Waals surface area contributed by atoms with Crippen LogP contribution >= 0.6 is 0 Å². The average molecular weight is 265 g/mol. The number of nitrogens with zero attached hydrogens (tertiary/aromatic N) is 1. The number of carboxylic acids is 1. The van der Waals surface area contributed by atoms with E-state index in [0.717, 1.165) is 0 Å². The Morgan fingerprint density at radius 2 is 1.78 bits per heavy atom. The van der Waals surface area contributed by atoms with Gasteiger partial charge in [0.25, 0.3) is 0 Å². The Hall–Kier alpha value is -0.100. The van der Waals surface area contributed by atoms with Crippen molar-refractivity contribution in [2.24, 2.45) is 5.92 Å². The molecule has 6 heteroatoms. The van der Waals surface area contributed by atoms with E-state index in [0.29, 0.717) is 25.9 Å². The largest absolute Gasteiger partial charge is 1.00 e. The van der Waals surface area contributed by atoms with Crippen molar-refractivity contribution in [1.82, 2.24) is 4.90 Å². The first-order chi connectivity index (χ1) is 7.78. The molecule has 1 heterocycles. The number of hydrogen-bond acceptors (Lipinski definition) is 5. The number of carboxylic acid groups (broad SMARTS) is 1. The Kier molecular flexibility index (Phi) is 7.44. The molecule has 0 unspecified atom stereocenters. The summed E-state index contributed by atoms with van der Waals surface area (Å²) >= 11 is 0. The van der Waals surface area contributed by atoms with Crippen LogP contribution in [0.1, 0.15) is 33.6 Å². The smallest absolute Gasteiger partial charge is 0.550 e. The van der Waals surface area contributed by atoms with Crippen molar-refractivity contribution in [2.45, 2.75) is 39.2 Å². The molecule has 1 rings (SSSR count). The summed E-state index contributed by atoms with van der Waals surface area (Å²) in [6.07, 6.45) is 1.09. The van der Waals surface area contributed by atoms with Gasteiger partial charge in [-0.25, -0.2) is 0 Å². The molecule has 0 aromatic carbocycles. The number of piperidine rings is 1. The van der Waals surface area contributed by atoms with Gasteiger partial charge in [0.1, 0.15) is 5.60 Å². The first-order valence-corrected chi connectivity index (χ1v) is 5.93. The number of carbonyl (C=O) groups excluding carboxylic acids is 2. The number of esters is 1. The predicted molar refractivity (Wildman–Crippen MR) is 60.0 cm³/mol. The van der Waals surface area contributed by atoms with E-state index in [1.54, 1.807) is 0 Å². The summed E-state index contributed by atoms with van der Waals surface area (Å²) in [4.78, 5) is 24.1. The molecule has 0 N–H and O–H groups in total. The van der Waals surface area contributed by atoms with Crippen LogP contribution in [0.3, 0.4) is 0 Å². The van der Waals surface area contributed by atoms with Gasteiger partial charge in [-0.3, -0.25) is 9.69 Å². The van der Waals surface area contributed by atoms with Gasteiger partial charge in [0, 0.05) is 11.9 Å². The zero-order valence-corrected chi connectivity index (χ0v) is 13.7. The first kappa shape index (κ1) is 17.9. The van der Waals surface area contributed by atoms with Gasteiger partial charge >= 0.3 is 35.5 Å². The maximum absolute atomic E-state index is 11.5. The van der Waals surface area contributed by atoms with Crippen LogP contribution in [-0.2, 0) is 14.3 Å². The summed E-state index contributed by atoms with van der Waals surface area (Å²) in [5, 5.41) is 10.6. The maximum atomic E-state index is 11.5. The summed E-state index contributed by atoms with van der Waals surface area (Å²) in [7, 11) is 0.